The van der Waals surface area contributed by atoms with Crippen LogP contribution in [0.5, 0.6) is 5.88 Å². The highest BCUT2D eigenvalue weighted by atomic mass is 79.9. The van der Waals surface area contributed by atoms with Gasteiger partial charge in [0, 0.05) is 22.9 Å². The third-order valence-corrected chi connectivity index (χ3v) is 4.93. The van der Waals surface area contributed by atoms with Crippen molar-refractivity contribution in [3.05, 3.63) is 21.3 Å². The molecule has 134 valence electrons. The first kappa shape index (κ1) is 19.3. The van der Waals surface area contributed by atoms with E-state index in [1.54, 1.807) is 14.0 Å². The van der Waals surface area contributed by atoms with Crippen LogP contribution >= 0.6 is 15.9 Å². The lowest BCUT2D eigenvalue weighted by molar-refractivity contribution is -0.123. The Balaban J connectivity index is 2.04. The Morgan fingerprint density at radius 3 is 2.76 bits per heavy atom. The van der Waals surface area contributed by atoms with E-state index in [9.17, 15) is 10.1 Å². The van der Waals surface area contributed by atoms with E-state index in [-0.39, 0.29) is 30.6 Å². The summed E-state index contributed by atoms with van der Waals surface area (Å²) in [5, 5.41) is 13.6. The zero-order valence-electron chi connectivity index (χ0n) is 14.4. The molecule has 1 heterocycles. The van der Waals surface area contributed by atoms with Gasteiger partial charge in [0.2, 0.25) is 5.88 Å². The van der Waals surface area contributed by atoms with Crippen molar-refractivity contribution in [1.29, 1.82) is 5.26 Å². The van der Waals surface area contributed by atoms with Crippen LogP contribution in [-0.2, 0) is 16.1 Å². The molecule has 1 amide bonds. The summed E-state index contributed by atoms with van der Waals surface area (Å²) in [5.74, 6) is -0.256. The highest BCUT2D eigenvalue weighted by molar-refractivity contribution is 9.10. The first-order chi connectivity index (χ1) is 12.1. The van der Waals surface area contributed by atoms with Crippen LogP contribution in [0.4, 0.5) is 0 Å². The van der Waals surface area contributed by atoms with E-state index >= 15 is 0 Å². The predicted molar refractivity (Wildman–Crippen MR) is 96.3 cm³/mol. The fourth-order valence-electron chi connectivity index (χ4n) is 2.59. The van der Waals surface area contributed by atoms with Crippen molar-refractivity contribution in [1.82, 2.24) is 10.4 Å². The number of carbonyl (C=O) groups is 1. The number of hydrogen-bond donors (Lipinski definition) is 1. The quantitative estimate of drug-likeness (QED) is 0.729. The van der Waals surface area contributed by atoms with Crippen LogP contribution in [0, 0.1) is 18.3 Å². The zero-order chi connectivity index (χ0) is 18.2. The number of amides is 1. The third kappa shape index (κ3) is 5.25. The molecular formula is C17H21BrN4O3. The van der Waals surface area contributed by atoms with Gasteiger partial charge < -0.3 is 9.47 Å². The summed E-state index contributed by atoms with van der Waals surface area (Å²) >= 11 is 3.41. The molecule has 0 saturated heterocycles. The Morgan fingerprint density at radius 1 is 1.40 bits per heavy atom. The van der Waals surface area contributed by atoms with Crippen LogP contribution in [0.25, 0.3) is 0 Å². The zero-order valence-corrected chi connectivity index (χ0v) is 16.0. The average Bonchev–Trinajstić information content (AvgIpc) is 2.63. The summed E-state index contributed by atoms with van der Waals surface area (Å²) in [7, 11) is 1.54. The number of pyridine rings is 1. The second-order valence-electron chi connectivity index (χ2n) is 5.78. The summed E-state index contributed by atoms with van der Waals surface area (Å²) in [6.07, 6.45) is 5.29. The lowest BCUT2D eigenvalue weighted by Gasteiger charge is -2.14. The number of aromatic nitrogens is 1. The summed E-state index contributed by atoms with van der Waals surface area (Å²) in [6, 6.07) is 2.07. The van der Waals surface area contributed by atoms with Gasteiger partial charge in [-0.25, -0.2) is 10.4 Å². The number of carbonyl (C=O) groups excluding carboxylic acids is 1. The Bertz CT molecular complexity index is 705. The van der Waals surface area contributed by atoms with Crippen LogP contribution < -0.4 is 10.2 Å². The van der Waals surface area contributed by atoms with Gasteiger partial charge in [0.25, 0.3) is 5.91 Å². The highest BCUT2D eigenvalue weighted by Crippen LogP contribution is 2.29. The second-order valence-corrected chi connectivity index (χ2v) is 6.57. The molecule has 8 heteroatoms. The Hall–Kier alpha value is -1.98. The lowest BCUT2D eigenvalue weighted by Crippen LogP contribution is -2.26. The van der Waals surface area contributed by atoms with Gasteiger partial charge in [0.05, 0.1) is 12.3 Å². The van der Waals surface area contributed by atoms with E-state index in [0.29, 0.717) is 15.7 Å². The van der Waals surface area contributed by atoms with Crippen LogP contribution in [-0.4, -0.2) is 30.3 Å². The largest absolute Gasteiger partial charge is 0.467 e. The molecule has 0 unspecified atom stereocenters. The maximum Gasteiger partial charge on any atom is 0.278 e. The Morgan fingerprint density at radius 2 is 2.12 bits per heavy atom. The molecule has 1 aliphatic carbocycles. The maximum atomic E-state index is 11.9. The first-order valence-electron chi connectivity index (χ1n) is 8.12. The molecular weight excluding hydrogens is 388 g/mol. The van der Waals surface area contributed by atoms with Gasteiger partial charge in [-0.3, -0.25) is 4.79 Å². The smallest absolute Gasteiger partial charge is 0.278 e. The monoisotopic (exact) mass is 408 g/mol. The van der Waals surface area contributed by atoms with Crippen LogP contribution in [0.3, 0.4) is 0 Å². The number of nitrogens with one attached hydrogen (secondary N) is 1. The van der Waals surface area contributed by atoms with E-state index < -0.39 is 0 Å². The maximum absolute atomic E-state index is 11.9. The van der Waals surface area contributed by atoms with Crippen molar-refractivity contribution in [2.45, 2.75) is 45.6 Å². The van der Waals surface area contributed by atoms with Crippen LogP contribution in [0.1, 0.15) is 48.9 Å². The predicted octanol–water partition coefficient (Wildman–Crippen LogP) is 2.99. The molecule has 1 saturated carbocycles. The summed E-state index contributed by atoms with van der Waals surface area (Å²) < 4.78 is 11.3. The molecule has 0 aromatic carbocycles. The number of aryl methyl sites for hydroxylation is 1. The minimum atomic E-state index is -0.377. The van der Waals surface area contributed by atoms with Crippen molar-refractivity contribution < 1.29 is 14.3 Å². The number of nitriles is 1. The van der Waals surface area contributed by atoms with Crippen molar-refractivity contribution in [3.63, 3.8) is 0 Å². The van der Waals surface area contributed by atoms with E-state index in [2.05, 4.69) is 37.5 Å². The molecule has 2 rings (SSSR count). The number of methoxy groups -OCH3 is 1. The van der Waals surface area contributed by atoms with Crippen molar-refractivity contribution >= 4 is 27.5 Å². The minimum Gasteiger partial charge on any atom is -0.467 e. The standard InChI is InChI=1S/C17H21BrN4O3/c1-11-16(18)14(9-24-2)13(8-19)17(20-11)25-10-15(23)22-21-12-6-4-3-5-7-12/h3-7,9-10H2,1-2H3,(H,22,23). The number of ether oxygens (including phenoxy) is 2. The van der Waals surface area contributed by atoms with Crippen molar-refractivity contribution in [2.24, 2.45) is 5.10 Å². The Labute approximate surface area is 155 Å². The van der Waals surface area contributed by atoms with Crippen molar-refractivity contribution in [2.75, 3.05) is 13.7 Å². The number of hydrazone groups is 1. The van der Waals surface area contributed by atoms with E-state index in [1.807, 2.05) is 0 Å². The van der Waals surface area contributed by atoms with Crippen molar-refractivity contribution in [3.8, 4) is 11.9 Å². The fourth-order valence-corrected chi connectivity index (χ4v) is 2.99. The molecule has 7 nitrogen and oxygen atoms in total. The van der Waals surface area contributed by atoms with Gasteiger partial charge in [0.1, 0.15) is 11.6 Å². The molecule has 1 fully saturated rings. The normalized spacial score (nSPS) is 13.9. The molecule has 0 bridgehead atoms. The van der Waals surface area contributed by atoms with E-state index in [0.717, 1.165) is 31.4 Å². The average molecular weight is 409 g/mol. The molecule has 1 aromatic rings. The van der Waals surface area contributed by atoms with E-state index in [1.165, 1.54) is 6.42 Å². The lowest BCUT2D eigenvalue weighted by atomic mass is 9.99. The third-order valence-electron chi connectivity index (χ3n) is 3.88. The topological polar surface area (TPSA) is 96.6 Å². The number of nitrogens with zero attached hydrogens (tertiary/aromatic N) is 3. The number of halogens is 1. The van der Waals surface area contributed by atoms with Crippen LogP contribution in [0.15, 0.2) is 9.57 Å². The fraction of sp³-hybridized carbons (Fsp3) is 0.529. The second kappa shape index (κ2) is 9.49. The highest BCUT2D eigenvalue weighted by Gasteiger charge is 2.18. The van der Waals surface area contributed by atoms with Gasteiger partial charge in [-0.15, -0.1) is 0 Å². The molecule has 25 heavy (non-hydrogen) atoms. The molecule has 0 spiro atoms. The van der Waals surface area contributed by atoms with Gasteiger partial charge in [-0.1, -0.05) is 6.42 Å². The number of hydrogen-bond acceptors (Lipinski definition) is 6. The minimum absolute atomic E-state index is 0.121. The van der Waals surface area contributed by atoms with Gasteiger partial charge in [0.15, 0.2) is 6.61 Å². The first-order valence-corrected chi connectivity index (χ1v) is 8.91. The molecule has 1 N–H and O–H groups in total. The molecule has 1 aromatic heterocycles. The molecule has 0 atom stereocenters. The van der Waals surface area contributed by atoms with Gasteiger partial charge in [-0.05, 0) is 48.5 Å². The molecule has 0 aliphatic heterocycles. The summed E-state index contributed by atoms with van der Waals surface area (Å²) in [6.45, 7) is 1.77. The summed E-state index contributed by atoms with van der Waals surface area (Å²) in [5.41, 5.74) is 5.08. The molecule has 0 radical (unpaired) electrons. The molecule has 1 aliphatic rings. The SMILES string of the molecule is COCc1c(Br)c(C)nc(OCC(=O)NN=C2CCCCC2)c1C#N. The van der Waals surface area contributed by atoms with Gasteiger partial charge in [-0.2, -0.15) is 10.4 Å². The Kier molecular flexibility index (Phi) is 7.34. The summed E-state index contributed by atoms with van der Waals surface area (Å²) in [4.78, 5) is 16.2. The number of rotatable bonds is 6. The van der Waals surface area contributed by atoms with Crippen LogP contribution in [0.2, 0.25) is 0 Å². The van der Waals surface area contributed by atoms with E-state index in [4.69, 9.17) is 9.47 Å². The van der Waals surface area contributed by atoms with Gasteiger partial charge >= 0.3 is 0 Å².